The van der Waals surface area contributed by atoms with Crippen molar-refractivity contribution in [3.8, 4) is 0 Å². The minimum atomic E-state index is 0.485. The lowest BCUT2D eigenvalue weighted by Crippen LogP contribution is -2.44. The Balaban J connectivity index is 2.05. The lowest BCUT2D eigenvalue weighted by atomic mass is 10.1. The zero-order chi connectivity index (χ0) is 13.0. The van der Waals surface area contributed by atoms with E-state index in [1.807, 2.05) is 0 Å². The molecule has 1 saturated heterocycles. The quantitative estimate of drug-likeness (QED) is 0.879. The van der Waals surface area contributed by atoms with Crippen molar-refractivity contribution in [1.29, 1.82) is 0 Å². The number of hydrogen-bond acceptors (Lipinski definition) is 3. The van der Waals surface area contributed by atoms with Crippen molar-refractivity contribution in [2.24, 2.45) is 5.73 Å². The molecule has 0 aromatic heterocycles. The van der Waals surface area contributed by atoms with Gasteiger partial charge in [0, 0.05) is 31.7 Å². The molecule has 2 unspecified atom stereocenters. The Morgan fingerprint density at radius 2 is 2.00 bits per heavy atom. The minimum Gasteiger partial charge on any atom is -0.329 e. The van der Waals surface area contributed by atoms with Gasteiger partial charge in [0.1, 0.15) is 0 Å². The molecule has 0 spiro atoms. The lowest BCUT2D eigenvalue weighted by molar-refractivity contribution is 0.176. The van der Waals surface area contributed by atoms with Gasteiger partial charge in [0.15, 0.2) is 0 Å². The summed E-state index contributed by atoms with van der Waals surface area (Å²) in [5.41, 5.74) is 7.29. The Hall–Kier alpha value is -0.900. The van der Waals surface area contributed by atoms with E-state index in [-0.39, 0.29) is 0 Å². The third kappa shape index (κ3) is 3.31. The molecule has 2 rings (SSSR count). The smallest absolute Gasteiger partial charge is 0.0342 e. The zero-order valence-electron chi connectivity index (χ0n) is 11.5. The van der Waals surface area contributed by atoms with Crippen LogP contribution in [0.15, 0.2) is 30.3 Å². The van der Waals surface area contributed by atoms with E-state index in [2.05, 4.69) is 54.1 Å². The Labute approximate surface area is 111 Å². The molecule has 18 heavy (non-hydrogen) atoms. The van der Waals surface area contributed by atoms with Gasteiger partial charge in [-0.1, -0.05) is 30.3 Å². The predicted molar refractivity (Wildman–Crippen MR) is 76.4 cm³/mol. The van der Waals surface area contributed by atoms with Crippen molar-refractivity contribution in [1.82, 2.24) is 9.80 Å². The molecule has 3 heteroatoms. The molecular formula is C15H25N3. The van der Waals surface area contributed by atoms with Gasteiger partial charge in [0.2, 0.25) is 0 Å². The molecule has 0 saturated carbocycles. The summed E-state index contributed by atoms with van der Waals surface area (Å²) in [5, 5.41) is 0. The van der Waals surface area contributed by atoms with Crippen molar-refractivity contribution in [2.75, 3.05) is 26.7 Å². The molecule has 2 atom stereocenters. The first-order valence-corrected chi connectivity index (χ1v) is 6.89. The van der Waals surface area contributed by atoms with Gasteiger partial charge in [-0.05, 0) is 32.5 Å². The van der Waals surface area contributed by atoms with Crippen molar-refractivity contribution in [2.45, 2.75) is 32.0 Å². The summed E-state index contributed by atoms with van der Waals surface area (Å²) in [6.45, 7) is 6.33. The molecule has 1 aliphatic heterocycles. The normalized spacial score (nSPS) is 27.1. The number of nitrogens with two attached hydrogens (primary N) is 1. The fraction of sp³-hybridized carbons (Fsp3) is 0.600. The van der Waals surface area contributed by atoms with Gasteiger partial charge in [-0.25, -0.2) is 0 Å². The molecule has 0 aliphatic carbocycles. The molecule has 0 amide bonds. The summed E-state index contributed by atoms with van der Waals surface area (Å²) in [6.07, 6.45) is 1.22. The Kier molecular flexibility index (Phi) is 4.75. The van der Waals surface area contributed by atoms with Crippen LogP contribution in [0.1, 0.15) is 18.9 Å². The largest absolute Gasteiger partial charge is 0.329 e. The highest BCUT2D eigenvalue weighted by atomic mass is 15.2. The molecular weight excluding hydrogens is 222 g/mol. The number of benzene rings is 1. The molecule has 1 aliphatic rings. The van der Waals surface area contributed by atoms with E-state index < -0.39 is 0 Å². The van der Waals surface area contributed by atoms with Gasteiger partial charge in [-0.2, -0.15) is 0 Å². The first kappa shape index (κ1) is 13.5. The number of nitrogens with zero attached hydrogens (tertiary/aromatic N) is 2. The molecule has 1 aromatic rings. The molecule has 0 bridgehead atoms. The van der Waals surface area contributed by atoms with E-state index >= 15 is 0 Å². The third-order valence-electron chi connectivity index (χ3n) is 4.09. The highest BCUT2D eigenvalue weighted by molar-refractivity contribution is 5.14. The molecule has 3 nitrogen and oxygen atoms in total. The summed E-state index contributed by atoms with van der Waals surface area (Å²) in [5.74, 6) is 0. The predicted octanol–water partition coefficient (Wildman–Crippen LogP) is 1.54. The minimum absolute atomic E-state index is 0.485. The molecule has 100 valence electrons. The molecule has 1 fully saturated rings. The van der Waals surface area contributed by atoms with Gasteiger partial charge in [-0.3, -0.25) is 4.90 Å². The average Bonchev–Trinajstić information content (AvgIpc) is 2.53. The maximum atomic E-state index is 5.90. The summed E-state index contributed by atoms with van der Waals surface area (Å²) in [7, 11) is 2.19. The monoisotopic (exact) mass is 247 g/mol. The molecule has 2 N–H and O–H groups in total. The topological polar surface area (TPSA) is 32.5 Å². The molecule has 1 heterocycles. The first-order chi connectivity index (χ1) is 8.70. The van der Waals surface area contributed by atoms with Crippen LogP contribution in [-0.2, 0) is 6.54 Å². The van der Waals surface area contributed by atoms with Crippen LogP contribution in [0.5, 0.6) is 0 Å². The van der Waals surface area contributed by atoms with Crippen molar-refractivity contribution in [3.63, 3.8) is 0 Å². The molecule has 1 aromatic carbocycles. The van der Waals surface area contributed by atoms with Crippen LogP contribution in [0.3, 0.4) is 0 Å². The van der Waals surface area contributed by atoms with Gasteiger partial charge in [-0.15, -0.1) is 0 Å². The van der Waals surface area contributed by atoms with Crippen LogP contribution in [0, 0.1) is 0 Å². The van der Waals surface area contributed by atoms with Crippen LogP contribution < -0.4 is 5.73 Å². The Morgan fingerprint density at radius 1 is 1.28 bits per heavy atom. The number of hydrogen-bond donors (Lipinski definition) is 1. The highest BCUT2D eigenvalue weighted by Crippen LogP contribution is 2.16. The van der Waals surface area contributed by atoms with Crippen molar-refractivity contribution in [3.05, 3.63) is 35.9 Å². The van der Waals surface area contributed by atoms with Crippen LogP contribution in [-0.4, -0.2) is 48.6 Å². The van der Waals surface area contributed by atoms with Gasteiger partial charge >= 0.3 is 0 Å². The second-order valence-corrected chi connectivity index (χ2v) is 5.42. The third-order valence-corrected chi connectivity index (χ3v) is 4.09. The maximum absolute atomic E-state index is 5.90. The van der Waals surface area contributed by atoms with E-state index in [4.69, 9.17) is 5.73 Å². The highest BCUT2D eigenvalue weighted by Gasteiger charge is 2.25. The SMILES string of the molecule is CC1CCN(C)C(CN)CN1Cc1ccccc1. The van der Waals surface area contributed by atoms with Gasteiger partial charge < -0.3 is 10.6 Å². The lowest BCUT2D eigenvalue weighted by Gasteiger charge is -2.30. The van der Waals surface area contributed by atoms with Crippen LogP contribution in [0.4, 0.5) is 0 Å². The summed E-state index contributed by atoms with van der Waals surface area (Å²) in [6, 6.07) is 11.8. The zero-order valence-corrected chi connectivity index (χ0v) is 11.5. The van der Waals surface area contributed by atoms with Crippen LogP contribution in [0.2, 0.25) is 0 Å². The fourth-order valence-corrected chi connectivity index (χ4v) is 2.64. The van der Waals surface area contributed by atoms with E-state index in [1.54, 1.807) is 0 Å². The van der Waals surface area contributed by atoms with E-state index in [9.17, 15) is 0 Å². The van der Waals surface area contributed by atoms with E-state index in [0.29, 0.717) is 12.1 Å². The van der Waals surface area contributed by atoms with Crippen molar-refractivity contribution >= 4 is 0 Å². The summed E-state index contributed by atoms with van der Waals surface area (Å²) >= 11 is 0. The van der Waals surface area contributed by atoms with Gasteiger partial charge in [0.25, 0.3) is 0 Å². The van der Waals surface area contributed by atoms with Gasteiger partial charge in [0.05, 0.1) is 0 Å². The summed E-state index contributed by atoms with van der Waals surface area (Å²) in [4.78, 5) is 4.97. The molecule has 0 radical (unpaired) electrons. The van der Waals surface area contributed by atoms with Crippen LogP contribution >= 0.6 is 0 Å². The van der Waals surface area contributed by atoms with E-state index in [0.717, 1.165) is 26.2 Å². The van der Waals surface area contributed by atoms with Crippen LogP contribution in [0.25, 0.3) is 0 Å². The second-order valence-electron chi connectivity index (χ2n) is 5.42. The second kappa shape index (κ2) is 6.32. The number of rotatable bonds is 3. The Morgan fingerprint density at radius 3 is 2.67 bits per heavy atom. The standard InChI is InChI=1S/C15H25N3/c1-13-8-9-17(2)15(10-16)12-18(13)11-14-6-4-3-5-7-14/h3-7,13,15H,8-12,16H2,1-2H3. The summed E-state index contributed by atoms with van der Waals surface area (Å²) < 4.78 is 0. The Bertz CT molecular complexity index is 352. The van der Waals surface area contributed by atoms with E-state index in [1.165, 1.54) is 12.0 Å². The maximum Gasteiger partial charge on any atom is 0.0342 e. The number of likely N-dealkylation sites (N-methyl/N-ethyl adjacent to an activating group) is 1. The fourth-order valence-electron chi connectivity index (χ4n) is 2.64. The van der Waals surface area contributed by atoms with Crippen molar-refractivity contribution < 1.29 is 0 Å². The first-order valence-electron chi connectivity index (χ1n) is 6.89. The average molecular weight is 247 g/mol.